The Morgan fingerprint density at radius 3 is 2.88 bits per heavy atom. The maximum Gasteiger partial charge on any atom is 0.298 e. The summed E-state index contributed by atoms with van der Waals surface area (Å²) in [6.07, 6.45) is 2.76. The van der Waals surface area contributed by atoms with Crippen LogP contribution in [0.15, 0.2) is 22.6 Å². The molecule has 1 unspecified atom stereocenters. The van der Waals surface area contributed by atoms with Crippen molar-refractivity contribution in [2.45, 2.75) is 19.3 Å². The highest BCUT2D eigenvalue weighted by atomic mass is 35.5. The van der Waals surface area contributed by atoms with Crippen LogP contribution in [-0.2, 0) is 4.79 Å². The minimum atomic E-state index is 0.286. The van der Waals surface area contributed by atoms with Gasteiger partial charge in [-0.15, -0.1) is 0 Å². The number of halogens is 1. The number of amides is 1. The normalized spacial score (nSPS) is 22.2. The lowest BCUT2D eigenvalue weighted by atomic mass is 9.94. The van der Waals surface area contributed by atoms with E-state index >= 15 is 0 Å². The number of hydrogen-bond donors (Lipinski definition) is 0. The van der Waals surface area contributed by atoms with Gasteiger partial charge in [0.05, 0.1) is 0 Å². The van der Waals surface area contributed by atoms with Crippen molar-refractivity contribution in [1.82, 2.24) is 14.8 Å². The minimum absolute atomic E-state index is 0.286. The van der Waals surface area contributed by atoms with Gasteiger partial charge in [0.1, 0.15) is 5.52 Å². The molecule has 2 aromatic rings. The quantitative estimate of drug-likeness (QED) is 0.824. The zero-order chi connectivity index (χ0) is 18.1. The first-order chi connectivity index (χ1) is 12.6. The number of benzene rings is 1. The third-order valence-corrected chi connectivity index (χ3v) is 5.68. The molecule has 26 heavy (non-hydrogen) atoms. The maximum atomic E-state index is 12.6. The molecule has 2 aliphatic rings. The van der Waals surface area contributed by atoms with E-state index in [1.54, 1.807) is 6.07 Å². The predicted octanol–water partition coefficient (Wildman–Crippen LogP) is 2.86. The molecule has 0 bridgehead atoms. The highest BCUT2D eigenvalue weighted by Crippen LogP contribution is 2.29. The summed E-state index contributed by atoms with van der Waals surface area (Å²) < 4.78 is 5.90. The summed E-state index contributed by atoms with van der Waals surface area (Å²) in [5.41, 5.74) is 1.53. The lowest BCUT2D eigenvalue weighted by molar-refractivity contribution is -0.133. The molecule has 2 aliphatic heterocycles. The van der Waals surface area contributed by atoms with Gasteiger partial charge in [-0.3, -0.25) is 4.79 Å². The van der Waals surface area contributed by atoms with Gasteiger partial charge >= 0.3 is 0 Å². The van der Waals surface area contributed by atoms with Gasteiger partial charge in [0, 0.05) is 56.8 Å². The molecule has 0 aliphatic carbocycles. The Balaban J connectivity index is 1.39. The van der Waals surface area contributed by atoms with Crippen LogP contribution in [0, 0.1) is 5.92 Å². The zero-order valence-corrected chi connectivity index (χ0v) is 15.9. The first kappa shape index (κ1) is 17.6. The van der Waals surface area contributed by atoms with Crippen molar-refractivity contribution in [2.24, 2.45) is 5.92 Å². The molecule has 1 atom stereocenters. The highest BCUT2D eigenvalue weighted by Gasteiger charge is 2.27. The second-order valence-corrected chi connectivity index (χ2v) is 7.89. The zero-order valence-electron chi connectivity index (χ0n) is 15.2. The second-order valence-electron chi connectivity index (χ2n) is 7.45. The molecule has 6 nitrogen and oxygen atoms in total. The molecule has 3 heterocycles. The Bertz CT molecular complexity index is 785. The van der Waals surface area contributed by atoms with Crippen LogP contribution in [0.4, 0.5) is 6.01 Å². The molecule has 7 heteroatoms. The van der Waals surface area contributed by atoms with Gasteiger partial charge in [-0.1, -0.05) is 11.6 Å². The van der Waals surface area contributed by atoms with Gasteiger partial charge in [-0.05, 0) is 37.9 Å². The topological polar surface area (TPSA) is 52.8 Å². The molecule has 140 valence electrons. The van der Waals surface area contributed by atoms with Crippen molar-refractivity contribution < 1.29 is 9.21 Å². The molecule has 0 spiro atoms. The van der Waals surface area contributed by atoms with Gasteiger partial charge in [-0.25, -0.2) is 0 Å². The third kappa shape index (κ3) is 3.81. The number of fused-ring (bicyclic) bond motifs is 1. The van der Waals surface area contributed by atoms with E-state index in [1.165, 1.54) is 0 Å². The summed E-state index contributed by atoms with van der Waals surface area (Å²) in [4.78, 5) is 23.7. The van der Waals surface area contributed by atoms with Crippen molar-refractivity contribution in [3.63, 3.8) is 0 Å². The number of likely N-dealkylation sites (N-methyl/N-ethyl adjacent to an activating group) is 1. The monoisotopic (exact) mass is 376 g/mol. The standard InChI is InChI=1S/C19H25ClN4O2/c1-22-7-9-23(10-8-22)18(25)11-14-3-2-6-24(13-14)19-21-16-5-4-15(20)12-17(16)26-19/h4-5,12,14H,2-3,6-11,13H2,1H3. The average Bonchev–Trinajstić information content (AvgIpc) is 3.05. The maximum absolute atomic E-state index is 12.6. The van der Waals surface area contributed by atoms with Crippen molar-refractivity contribution in [3.8, 4) is 0 Å². The van der Waals surface area contributed by atoms with Crippen LogP contribution in [0.3, 0.4) is 0 Å². The fourth-order valence-corrected chi connectivity index (χ4v) is 4.02. The number of carbonyl (C=O) groups excluding carboxylic acids is 1. The highest BCUT2D eigenvalue weighted by molar-refractivity contribution is 6.31. The van der Waals surface area contributed by atoms with E-state index in [2.05, 4.69) is 21.8 Å². The van der Waals surface area contributed by atoms with Crippen LogP contribution >= 0.6 is 11.6 Å². The van der Waals surface area contributed by atoms with Gasteiger partial charge < -0.3 is 19.1 Å². The van der Waals surface area contributed by atoms with Crippen molar-refractivity contribution >= 4 is 34.6 Å². The summed E-state index contributed by atoms with van der Waals surface area (Å²) in [5, 5.41) is 0.648. The molecule has 0 radical (unpaired) electrons. The van der Waals surface area contributed by atoms with E-state index in [0.29, 0.717) is 29.0 Å². The van der Waals surface area contributed by atoms with E-state index in [-0.39, 0.29) is 5.91 Å². The van der Waals surface area contributed by atoms with Gasteiger partial charge in [0.2, 0.25) is 5.91 Å². The summed E-state index contributed by atoms with van der Waals surface area (Å²) in [7, 11) is 2.11. The Labute approximate surface area is 158 Å². The van der Waals surface area contributed by atoms with Crippen LogP contribution in [0.25, 0.3) is 11.1 Å². The summed E-state index contributed by atoms with van der Waals surface area (Å²) in [6, 6.07) is 6.14. The number of oxazole rings is 1. The minimum Gasteiger partial charge on any atom is -0.423 e. The van der Waals surface area contributed by atoms with Gasteiger partial charge in [0.15, 0.2) is 5.58 Å². The Morgan fingerprint density at radius 1 is 1.27 bits per heavy atom. The van der Waals surface area contributed by atoms with E-state index in [0.717, 1.165) is 57.6 Å². The number of piperazine rings is 1. The SMILES string of the molecule is CN1CCN(C(=O)CC2CCCN(c3nc4ccc(Cl)cc4o3)C2)CC1. The largest absolute Gasteiger partial charge is 0.423 e. The number of hydrogen-bond acceptors (Lipinski definition) is 5. The van der Waals surface area contributed by atoms with Crippen molar-refractivity contribution in [3.05, 3.63) is 23.2 Å². The molecular weight excluding hydrogens is 352 g/mol. The Kier molecular flexibility index (Phi) is 5.05. The van der Waals surface area contributed by atoms with Crippen LogP contribution in [0.1, 0.15) is 19.3 Å². The fourth-order valence-electron chi connectivity index (χ4n) is 3.86. The number of aromatic nitrogens is 1. The first-order valence-electron chi connectivity index (χ1n) is 9.36. The van der Waals surface area contributed by atoms with Crippen molar-refractivity contribution in [2.75, 3.05) is 51.2 Å². The molecule has 1 amide bonds. The number of carbonyl (C=O) groups is 1. The van der Waals surface area contributed by atoms with E-state index in [4.69, 9.17) is 16.0 Å². The molecule has 4 rings (SSSR count). The molecule has 2 fully saturated rings. The number of nitrogens with zero attached hydrogens (tertiary/aromatic N) is 4. The van der Waals surface area contributed by atoms with E-state index < -0.39 is 0 Å². The predicted molar refractivity (Wildman–Crippen MR) is 103 cm³/mol. The lowest BCUT2D eigenvalue weighted by Gasteiger charge is -2.35. The summed E-state index contributed by atoms with van der Waals surface area (Å²) >= 11 is 6.03. The van der Waals surface area contributed by atoms with Gasteiger partial charge in [0.25, 0.3) is 6.01 Å². The second kappa shape index (κ2) is 7.45. The van der Waals surface area contributed by atoms with Gasteiger partial charge in [-0.2, -0.15) is 4.98 Å². The number of rotatable bonds is 3. The van der Waals surface area contributed by atoms with Crippen LogP contribution in [-0.4, -0.2) is 67.0 Å². The molecular formula is C19H25ClN4O2. The third-order valence-electron chi connectivity index (χ3n) is 5.45. The molecule has 1 aromatic heterocycles. The van der Waals surface area contributed by atoms with Crippen molar-refractivity contribution in [1.29, 1.82) is 0 Å². The van der Waals surface area contributed by atoms with E-state index in [9.17, 15) is 4.79 Å². The lowest BCUT2D eigenvalue weighted by Crippen LogP contribution is -2.48. The number of piperidine rings is 1. The van der Waals surface area contributed by atoms with Crippen LogP contribution in [0.2, 0.25) is 5.02 Å². The molecule has 1 aromatic carbocycles. The average molecular weight is 377 g/mol. The molecule has 0 N–H and O–H groups in total. The summed E-state index contributed by atoms with van der Waals surface area (Å²) in [6.45, 7) is 5.36. The number of anilines is 1. The first-order valence-corrected chi connectivity index (χ1v) is 9.73. The Morgan fingerprint density at radius 2 is 2.08 bits per heavy atom. The summed E-state index contributed by atoms with van der Waals surface area (Å²) in [5.74, 6) is 0.642. The van der Waals surface area contributed by atoms with E-state index in [1.807, 2.05) is 17.0 Å². The Hall–Kier alpha value is -1.79. The smallest absolute Gasteiger partial charge is 0.298 e. The van der Waals surface area contributed by atoms with Crippen LogP contribution in [0.5, 0.6) is 0 Å². The molecule has 2 saturated heterocycles. The molecule has 0 saturated carbocycles. The van der Waals surface area contributed by atoms with Crippen LogP contribution < -0.4 is 4.90 Å². The fraction of sp³-hybridized carbons (Fsp3) is 0.579.